The summed E-state index contributed by atoms with van der Waals surface area (Å²) >= 11 is 0. The molecule has 0 atom stereocenters. The van der Waals surface area contributed by atoms with E-state index in [-0.39, 0.29) is 6.03 Å². The maximum absolute atomic E-state index is 11.7. The number of urea groups is 1. The summed E-state index contributed by atoms with van der Waals surface area (Å²) in [4.78, 5) is 11.7. The second-order valence-electron chi connectivity index (χ2n) is 5.37. The molecule has 1 aliphatic carbocycles. The Labute approximate surface area is 108 Å². The number of nitrogens with one attached hydrogen (secondary N) is 2. The first-order valence-corrected chi connectivity index (χ1v) is 6.45. The van der Waals surface area contributed by atoms with Gasteiger partial charge in [-0.25, -0.2) is 4.79 Å². The molecule has 0 bridgehead atoms. The van der Waals surface area contributed by atoms with Crippen LogP contribution in [0.15, 0.2) is 24.3 Å². The average molecular weight is 247 g/mol. The van der Waals surface area contributed by atoms with Crippen LogP contribution in [0.5, 0.6) is 0 Å². The zero-order valence-corrected chi connectivity index (χ0v) is 10.8. The fraction of sp³-hybridized carbons (Fsp3) is 0.500. The van der Waals surface area contributed by atoms with Crippen LogP contribution in [0.1, 0.15) is 31.7 Å². The van der Waals surface area contributed by atoms with Crippen molar-refractivity contribution in [2.75, 3.05) is 11.9 Å². The Morgan fingerprint density at radius 2 is 2.00 bits per heavy atom. The monoisotopic (exact) mass is 247 g/mol. The molecule has 98 valence electrons. The Kier molecular flexibility index (Phi) is 3.87. The molecular formula is C14H21N3O. The summed E-state index contributed by atoms with van der Waals surface area (Å²) in [5.41, 5.74) is 7.68. The third-order valence-corrected chi connectivity index (χ3v) is 3.68. The first-order valence-electron chi connectivity index (χ1n) is 6.45. The summed E-state index contributed by atoms with van der Waals surface area (Å²) in [6.45, 7) is 3.48. The van der Waals surface area contributed by atoms with Gasteiger partial charge in [0.05, 0.1) is 0 Å². The minimum Gasteiger partial charge on any atom is -0.337 e. The van der Waals surface area contributed by atoms with Gasteiger partial charge in [0.15, 0.2) is 0 Å². The minimum absolute atomic E-state index is 0.136. The second kappa shape index (κ2) is 5.40. The van der Waals surface area contributed by atoms with Gasteiger partial charge in [0.1, 0.15) is 0 Å². The maximum Gasteiger partial charge on any atom is 0.319 e. The number of carbonyl (C=O) groups excluding carboxylic acids is 1. The largest absolute Gasteiger partial charge is 0.337 e. The SMILES string of the molecule is CC1(CNC(=O)Nc2ccc(CN)cc2)CCC1. The predicted molar refractivity (Wildman–Crippen MR) is 73.3 cm³/mol. The Balaban J connectivity index is 1.79. The van der Waals surface area contributed by atoms with E-state index in [1.165, 1.54) is 19.3 Å². The molecule has 0 heterocycles. The van der Waals surface area contributed by atoms with Gasteiger partial charge in [0.2, 0.25) is 0 Å². The molecule has 1 aliphatic rings. The van der Waals surface area contributed by atoms with Crippen LogP contribution in [-0.4, -0.2) is 12.6 Å². The standard InChI is InChI=1S/C14H21N3O/c1-14(7-2-8-14)10-16-13(18)17-12-5-3-11(9-15)4-6-12/h3-6H,2,7-10,15H2,1H3,(H2,16,17,18). The maximum atomic E-state index is 11.7. The molecule has 0 unspecified atom stereocenters. The van der Waals surface area contributed by atoms with Gasteiger partial charge in [-0.15, -0.1) is 0 Å². The van der Waals surface area contributed by atoms with E-state index in [4.69, 9.17) is 5.73 Å². The molecule has 0 saturated heterocycles. The molecule has 1 aromatic carbocycles. The Morgan fingerprint density at radius 1 is 1.33 bits per heavy atom. The highest BCUT2D eigenvalue weighted by Crippen LogP contribution is 2.39. The molecule has 1 fully saturated rings. The lowest BCUT2D eigenvalue weighted by molar-refractivity contribution is 0.159. The molecule has 2 rings (SSSR count). The van der Waals surface area contributed by atoms with Crippen molar-refractivity contribution < 1.29 is 4.79 Å². The third-order valence-electron chi connectivity index (χ3n) is 3.68. The number of amides is 2. The van der Waals surface area contributed by atoms with Crippen molar-refractivity contribution in [3.8, 4) is 0 Å². The average Bonchev–Trinajstić information content (AvgIpc) is 2.35. The lowest BCUT2D eigenvalue weighted by Gasteiger charge is -2.38. The predicted octanol–water partition coefficient (Wildman–Crippen LogP) is 2.46. The first-order chi connectivity index (χ1) is 8.61. The molecule has 1 aromatic rings. The molecule has 4 N–H and O–H groups in total. The summed E-state index contributed by atoms with van der Waals surface area (Å²) in [6, 6.07) is 7.44. The molecule has 4 heteroatoms. The highest BCUT2D eigenvalue weighted by Gasteiger charge is 2.31. The normalized spacial score (nSPS) is 16.8. The number of nitrogens with two attached hydrogens (primary N) is 1. The molecule has 4 nitrogen and oxygen atoms in total. The van der Waals surface area contributed by atoms with Gasteiger partial charge in [-0.2, -0.15) is 0 Å². The lowest BCUT2D eigenvalue weighted by Crippen LogP contribution is -2.41. The number of hydrogen-bond donors (Lipinski definition) is 3. The molecule has 2 amide bonds. The fourth-order valence-corrected chi connectivity index (χ4v) is 2.15. The van der Waals surface area contributed by atoms with E-state index in [1.54, 1.807) is 0 Å². The van der Waals surface area contributed by atoms with Crippen LogP contribution in [-0.2, 0) is 6.54 Å². The highest BCUT2D eigenvalue weighted by atomic mass is 16.2. The van der Waals surface area contributed by atoms with Crippen molar-refractivity contribution in [3.05, 3.63) is 29.8 Å². The van der Waals surface area contributed by atoms with Crippen molar-refractivity contribution >= 4 is 11.7 Å². The van der Waals surface area contributed by atoms with Crippen LogP contribution in [0.3, 0.4) is 0 Å². The van der Waals surface area contributed by atoms with Gasteiger partial charge >= 0.3 is 6.03 Å². The van der Waals surface area contributed by atoms with Crippen LogP contribution < -0.4 is 16.4 Å². The molecule has 0 spiro atoms. The molecule has 18 heavy (non-hydrogen) atoms. The summed E-state index contributed by atoms with van der Waals surface area (Å²) < 4.78 is 0. The summed E-state index contributed by atoms with van der Waals surface area (Å²) in [6.07, 6.45) is 3.69. The van der Waals surface area contributed by atoms with Crippen LogP contribution >= 0.6 is 0 Å². The van der Waals surface area contributed by atoms with E-state index in [2.05, 4.69) is 17.6 Å². The second-order valence-corrected chi connectivity index (χ2v) is 5.37. The lowest BCUT2D eigenvalue weighted by atomic mass is 9.70. The summed E-state index contributed by atoms with van der Waals surface area (Å²) in [5, 5.41) is 5.75. The van der Waals surface area contributed by atoms with E-state index in [0.29, 0.717) is 12.0 Å². The molecule has 1 saturated carbocycles. The van der Waals surface area contributed by atoms with Gasteiger partial charge in [-0.1, -0.05) is 25.5 Å². The van der Waals surface area contributed by atoms with Gasteiger partial charge in [-0.05, 0) is 36.0 Å². The Morgan fingerprint density at radius 3 is 2.50 bits per heavy atom. The van der Waals surface area contributed by atoms with Crippen LogP contribution in [0.25, 0.3) is 0 Å². The first kappa shape index (κ1) is 12.9. The topological polar surface area (TPSA) is 67.2 Å². The molecule has 0 radical (unpaired) electrons. The number of rotatable bonds is 4. The fourth-order valence-electron chi connectivity index (χ4n) is 2.15. The number of hydrogen-bond acceptors (Lipinski definition) is 2. The molecule has 0 aromatic heterocycles. The number of anilines is 1. The van der Waals surface area contributed by atoms with E-state index >= 15 is 0 Å². The van der Waals surface area contributed by atoms with E-state index in [9.17, 15) is 4.79 Å². The zero-order chi connectivity index (χ0) is 13.0. The Hall–Kier alpha value is -1.55. The molecular weight excluding hydrogens is 226 g/mol. The van der Waals surface area contributed by atoms with E-state index in [0.717, 1.165) is 17.8 Å². The zero-order valence-electron chi connectivity index (χ0n) is 10.8. The van der Waals surface area contributed by atoms with E-state index < -0.39 is 0 Å². The number of carbonyl (C=O) groups is 1. The smallest absolute Gasteiger partial charge is 0.319 e. The summed E-state index contributed by atoms with van der Waals surface area (Å²) in [7, 11) is 0. The Bertz CT molecular complexity index is 410. The van der Waals surface area contributed by atoms with Gasteiger partial charge in [0.25, 0.3) is 0 Å². The molecule has 0 aliphatic heterocycles. The van der Waals surface area contributed by atoms with Gasteiger partial charge in [-0.3, -0.25) is 0 Å². The van der Waals surface area contributed by atoms with Crippen LogP contribution in [0, 0.1) is 5.41 Å². The van der Waals surface area contributed by atoms with Gasteiger partial charge in [0, 0.05) is 18.8 Å². The van der Waals surface area contributed by atoms with Crippen molar-refractivity contribution in [1.82, 2.24) is 5.32 Å². The quantitative estimate of drug-likeness (QED) is 0.765. The number of benzene rings is 1. The summed E-state index contributed by atoms with van der Waals surface area (Å²) in [5.74, 6) is 0. The van der Waals surface area contributed by atoms with E-state index in [1.807, 2.05) is 24.3 Å². The minimum atomic E-state index is -0.136. The van der Waals surface area contributed by atoms with Crippen molar-refractivity contribution in [2.24, 2.45) is 11.1 Å². The van der Waals surface area contributed by atoms with Gasteiger partial charge < -0.3 is 16.4 Å². The van der Waals surface area contributed by atoms with Crippen molar-refractivity contribution in [3.63, 3.8) is 0 Å². The van der Waals surface area contributed by atoms with Crippen LogP contribution in [0.2, 0.25) is 0 Å². The van der Waals surface area contributed by atoms with Crippen LogP contribution in [0.4, 0.5) is 10.5 Å². The van der Waals surface area contributed by atoms with Crippen molar-refractivity contribution in [2.45, 2.75) is 32.7 Å². The van der Waals surface area contributed by atoms with Crippen molar-refractivity contribution in [1.29, 1.82) is 0 Å². The third kappa shape index (κ3) is 3.23. The highest BCUT2D eigenvalue weighted by molar-refractivity contribution is 5.89.